The van der Waals surface area contributed by atoms with Gasteiger partial charge in [0.05, 0.1) is 20.8 Å². The number of methoxy groups -OCH3 is 2. The average Bonchev–Trinajstić information content (AvgIpc) is 3.00. The Morgan fingerprint density at radius 2 is 1.88 bits per heavy atom. The fourth-order valence-electron chi connectivity index (χ4n) is 3.15. The van der Waals surface area contributed by atoms with Crippen LogP contribution < -0.4 is 9.47 Å². The van der Waals surface area contributed by atoms with E-state index in [2.05, 4.69) is 0 Å². The van der Waals surface area contributed by atoms with Gasteiger partial charge in [0, 0.05) is 17.5 Å². The smallest absolute Gasteiger partial charge is 0.342 e. The van der Waals surface area contributed by atoms with E-state index >= 15 is 0 Å². The zero-order chi connectivity index (χ0) is 19.3. The third-order valence-electron chi connectivity index (χ3n) is 4.51. The van der Waals surface area contributed by atoms with E-state index in [9.17, 15) is 9.59 Å². The minimum Gasteiger partial charge on any atom is -0.496 e. The minimum atomic E-state index is -0.369. The Bertz CT molecular complexity index is 733. The van der Waals surface area contributed by atoms with Crippen molar-refractivity contribution >= 4 is 11.9 Å². The zero-order valence-corrected chi connectivity index (χ0v) is 16.1. The molecule has 1 aromatic carbocycles. The van der Waals surface area contributed by atoms with Gasteiger partial charge >= 0.3 is 11.9 Å². The molecule has 1 heterocycles. The second kappa shape index (κ2) is 8.74. The molecule has 1 aliphatic rings. The van der Waals surface area contributed by atoms with Gasteiger partial charge in [0.25, 0.3) is 0 Å². The normalized spacial score (nSPS) is 13.3. The molecule has 0 fully saturated rings. The SMILES string of the molecule is CCOC(=O)CC/C(C)=C/Cc1c(OC)c(C)c2c(c1OC)C(=O)OC2. The molecule has 0 aromatic heterocycles. The predicted molar refractivity (Wildman–Crippen MR) is 96.7 cm³/mol. The standard InChI is InChI=1S/C20H26O6/c1-6-25-16(21)10-8-12(2)7-9-14-18(23-4)13(3)15-11-26-20(22)17(15)19(14)24-5/h7H,6,8-11H2,1-5H3/b12-7+. The summed E-state index contributed by atoms with van der Waals surface area (Å²) in [5.41, 5.74) is 4.05. The van der Waals surface area contributed by atoms with Crippen LogP contribution in [0, 0.1) is 6.92 Å². The van der Waals surface area contributed by atoms with Crippen LogP contribution >= 0.6 is 0 Å². The highest BCUT2D eigenvalue weighted by molar-refractivity contribution is 5.98. The molecule has 0 atom stereocenters. The molecule has 6 nitrogen and oxygen atoms in total. The lowest BCUT2D eigenvalue weighted by Gasteiger charge is -2.18. The van der Waals surface area contributed by atoms with E-state index in [1.165, 1.54) is 7.11 Å². The van der Waals surface area contributed by atoms with Crippen molar-refractivity contribution in [3.8, 4) is 11.5 Å². The highest BCUT2D eigenvalue weighted by Gasteiger charge is 2.32. The number of rotatable bonds is 8. The van der Waals surface area contributed by atoms with Crippen LogP contribution in [0.15, 0.2) is 11.6 Å². The maximum atomic E-state index is 12.1. The average molecular weight is 362 g/mol. The summed E-state index contributed by atoms with van der Waals surface area (Å²) in [4.78, 5) is 23.6. The highest BCUT2D eigenvalue weighted by atomic mass is 16.5. The molecule has 0 saturated heterocycles. The van der Waals surface area contributed by atoms with Crippen LogP contribution in [-0.2, 0) is 27.3 Å². The van der Waals surface area contributed by atoms with Crippen LogP contribution in [0.3, 0.4) is 0 Å². The molecule has 0 radical (unpaired) electrons. The van der Waals surface area contributed by atoms with Gasteiger partial charge in [-0.1, -0.05) is 11.6 Å². The van der Waals surface area contributed by atoms with Crippen molar-refractivity contribution in [2.24, 2.45) is 0 Å². The van der Waals surface area contributed by atoms with Gasteiger partial charge in [-0.05, 0) is 39.2 Å². The molecule has 0 spiro atoms. The molecule has 0 aliphatic carbocycles. The number of hydrogen-bond donors (Lipinski definition) is 0. The fraction of sp³-hybridized carbons (Fsp3) is 0.500. The van der Waals surface area contributed by atoms with Crippen molar-refractivity contribution in [2.75, 3.05) is 20.8 Å². The molecule has 0 N–H and O–H groups in total. The molecule has 26 heavy (non-hydrogen) atoms. The Kier molecular flexibility index (Phi) is 6.66. The Morgan fingerprint density at radius 1 is 1.19 bits per heavy atom. The topological polar surface area (TPSA) is 71.1 Å². The van der Waals surface area contributed by atoms with Crippen LogP contribution in [-0.4, -0.2) is 32.8 Å². The number of hydrogen-bond acceptors (Lipinski definition) is 6. The molecule has 142 valence electrons. The molecule has 0 unspecified atom stereocenters. The third kappa shape index (κ3) is 4.00. The van der Waals surface area contributed by atoms with E-state index in [0.29, 0.717) is 42.9 Å². The highest BCUT2D eigenvalue weighted by Crippen LogP contribution is 2.42. The zero-order valence-electron chi connectivity index (χ0n) is 16.1. The van der Waals surface area contributed by atoms with Crippen molar-refractivity contribution in [1.29, 1.82) is 0 Å². The first-order valence-corrected chi connectivity index (χ1v) is 8.69. The molecule has 6 heteroatoms. The van der Waals surface area contributed by atoms with Gasteiger partial charge in [0.15, 0.2) is 0 Å². The monoisotopic (exact) mass is 362 g/mol. The molecule has 0 amide bonds. The van der Waals surface area contributed by atoms with Crippen LogP contribution in [0.5, 0.6) is 11.5 Å². The first-order valence-electron chi connectivity index (χ1n) is 8.69. The summed E-state index contributed by atoms with van der Waals surface area (Å²) in [6, 6.07) is 0. The molecule has 0 bridgehead atoms. The number of esters is 2. The van der Waals surface area contributed by atoms with Crippen LogP contribution in [0.2, 0.25) is 0 Å². The quantitative estimate of drug-likeness (QED) is 0.520. The van der Waals surface area contributed by atoms with E-state index in [-0.39, 0.29) is 18.5 Å². The molecule has 2 rings (SSSR count). The van der Waals surface area contributed by atoms with Gasteiger partial charge in [-0.2, -0.15) is 0 Å². The van der Waals surface area contributed by atoms with Gasteiger partial charge in [0.1, 0.15) is 23.7 Å². The summed E-state index contributed by atoms with van der Waals surface area (Å²) in [5.74, 6) is 0.631. The van der Waals surface area contributed by atoms with E-state index in [0.717, 1.165) is 22.3 Å². The first kappa shape index (κ1) is 19.8. The van der Waals surface area contributed by atoms with E-state index in [1.807, 2.05) is 19.9 Å². The number of carbonyl (C=O) groups is 2. The predicted octanol–water partition coefficient (Wildman–Crippen LogP) is 3.51. The van der Waals surface area contributed by atoms with Gasteiger partial charge in [0.2, 0.25) is 0 Å². The van der Waals surface area contributed by atoms with Crippen molar-refractivity contribution in [1.82, 2.24) is 0 Å². The second-order valence-electron chi connectivity index (χ2n) is 6.16. The van der Waals surface area contributed by atoms with Crippen molar-refractivity contribution in [3.05, 3.63) is 33.9 Å². The summed E-state index contributed by atoms with van der Waals surface area (Å²) < 4.78 is 21.2. The molecular formula is C20H26O6. The Labute approximate surface area is 154 Å². The summed E-state index contributed by atoms with van der Waals surface area (Å²) in [7, 11) is 3.14. The van der Waals surface area contributed by atoms with Gasteiger partial charge in [-0.3, -0.25) is 4.79 Å². The van der Waals surface area contributed by atoms with Gasteiger partial charge in [-0.15, -0.1) is 0 Å². The van der Waals surface area contributed by atoms with Gasteiger partial charge in [-0.25, -0.2) is 4.79 Å². The number of benzene rings is 1. The van der Waals surface area contributed by atoms with E-state index < -0.39 is 0 Å². The number of cyclic esters (lactones) is 1. The van der Waals surface area contributed by atoms with Crippen LogP contribution in [0.1, 0.15) is 53.7 Å². The number of fused-ring (bicyclic) bond motifs is 1. The molecule has 0 saturated carbocycles. The van der Waals surface area contributed by atoms with E-state index in [4.69, 9.17) is 18.9 Å². The maximum Gasteiger partial charge on any atom is 0.342 e. The molecule has 1 aliphatic heterocycles. The molecule has 1 aromatic rings. The van der Waals surface area contributed by atoms with Crippen molar-refractivity contribution in [3.63, 3.8) is 0 Å². The number of ether oxygens (including phenoxy) is 4. The Balaban J connectivity index is 2.30. The Hall–Kier alpha value is -2.50. The second-order valence-corrected chi connectivity index (χ2v) is 6.16. The van der Waals surface area contributed by atoms with Crippen molar-refractivity contribution < 1.29 is 28.5 Å². The van der Waals surface area contributed by atoms with Crippen LogP contribution in [0.4, 0.5) is 0 Å². The van der Waals surface area contributed by atoms with Crippen LogP contribution in [0.25, 0.3) is 0 Å². The van der Waals surface area contributed by atoms with Gasteiger partial charge < -0.3 is 18.9 Å². The summed E-state index contributed by atoms with van der Waals surface area (Å²) in [6.07, 6.45) is 3.52. The first-order chi connectivity index (χ1) is 12.4. The summed E-state index contributed by atoms with van der Waals surface area (Å²) >= 11 is 0. The third-order valence-corrected chi connectivity index (χ3v) is 4.51. The number of allylic oxidation sites excluding steroid dienone is 2. The largest absolute Gasteiger partial charge is 0.496 e. The van der Waals surface area contributed by atoms with Crippen molar-refractivity contribution in [2.45, 2.75) is 46.6 Å². The lowest BCUT2D eigenvalue weighted by Crippen LogP contribution is -2.06. The summed E-state index contributed by atoms with van der Waals surface area (Å²) in [5, 5.41) is 0. The fourth-order valence-corrected chi connectivity index (χ4v) is 3.15. The molecular weight excluding hydrogens is 336 g/mol. The lowest BCUT2D eigenvalue weighted by molar-refractivity contribution is -0.143. The maximum absolute atomic E-state index is 12.1. The Morgan fingerprint density at radius 3 is 2.50 bits per heavy atom. The van der Waals surface area contributed by atoms with E-state index in [1.54, 1.807) is 14.0 Å². The number of carbonyl (C=O) groups excluding carboxylic acids is 2. The summed E-state index contributed by atoms with van der Waals surface area (Å²) in [6.45, 7) is 6.30. The lowest BCUT2D eigenvalue weighted by atomic mass is 9.94. The minimum absolute atomic E-state index is 0.202.